The molecule has 0 fully saturated rings. The fourth-order valence-electron chi connectivity index (χ4n) is 2.31. The number of nitrogens with one attached hydrogen (secondary N) is 1. The van der Waals surface area contributed by atoms with Gasteiger partial charge in [-0.3, -0.25) is 4.79 Å². The van der Waals surface area contributed by atoms with Crippen LogP contribution in [-0.4, -0.2) is 32.8 Å². The normalized spacial score (nSPS) is 10.5. The van der Waals surface area contributed by atoms with Crippen molar-refractivity contribution in [2.45, 2.75) is 26.5 Å². The second kappa shape index (κ2) is 11.0. The molecule has 0 saturated carbocycles. The minimum Gasteiger partial charge on any atom is -0.493 e. The molecule has 0 bridgehead atoms. The van der Waals surface area contributed by atoms with Crippen LogP contribution in [-0.2, 0) is 11.3 Å². The molecule has 152 valence electrons. The van der Waals surface area contributed by atoms with Crippen LogP contribution >= 0.6 is 0 Å². The molecule has 0 unspecified atom stereocenters. The zero-order valence-corrected chi connectivity index (χ0v) is 15.7. The van der Waals surface area contributed by atoms with Gasteiger partial charge in [0.2, 0.25) is 0 Å². The number of ether oxygens (including phenoxy) is 4. The molecule has 6 nitrogen and oxygen atoms in total. The van der Waals surface area contributed by atoms with Crippen molar-refractivity contribution in [2.24, 2.45) is 0 Å². The monoisotopic (exact) mass is 395 g/mol. The summed E-state index contributed by atoms with van der Waals surface area (Å²) in [5.41, 5.74) is 0.665. The van der Waals surface area contributed by atoms with E-state index in [1.54, 1.807) is 24.3 Å². The number of methoxy groups -OCH3 is 1. The van der Waals surface area contributed by atoms with Crippen molar-refractivity contribution in [3.63, 3.8) is 0 Å². The second-order valence-corrected chi connectivity index (χ2v) is 5.72. The van der Waals surface area contributed by atoms with Gasteiger partial charge in [0.15, 0.2) is 29.6 Å². The average Bonchev–Trinajstić information content (AvgIpc) is 2.70. The van der Waals surface area contributed by atoms with Crippen LogP contribution in [0, 0.1) is 0 Å². The lowest BCUT2D eigenvalue weighted by Crippen LogP contribution is -2.28. The zero-order valence-electron chi connectivity index (χ0n) is 15.7. The van der Waals surface area contributed by atoms with Crippen molar-refractivity contribution < 1.29 is 32.5 Å². The SMILES string of the molecule is CCCOc1ccccc1OCC(=O)NCc1ccc(OC(F)F)c(OC)c1. The Labute approximate surface area is 162 Å². The maximum atomic E-state index is 12.4. The Morgan fingerprint density at radius 1 is 1.04 bits per heavy atom. The molecule has 0 aliphatic carbocycles. The van der Waals surface area contributed by atoms with E-state index in [9.17, 15) is 13.6 Å². The summed E-state index contributed by atoms with van der Waals surface area (Å²) in [4.78, 5) is 12.0. The number of para-hydroxylation sites is 2. The van der Waals surface area contributed by atoms with Crippen molar-refractivity contribution in [2.75, 3.05) is 20.3 Å². The Kier molecular flexibility index (Phi) is 8.33. The minimum atomic E-state index is -2.94. The first kappa shape index (κ1) is 21.3. The molecule has 2 aromatic carbocycles. The van der Waals surface area contributed by atoms with Gasteiger partial charge in [0, 0.05) is 6.54 Å². The number of alkyl halides is 2. The molecule has 1 N–H and O–H groups in total. The van der Waals surface area contributed by atoms with Gasteiger partial charge in [-0.15, -0.1) is 0 Å². The van der Waals surface area contributed by atoms with E-state index < -0.39 is 6.61 Å². The molecule has 0 spiro atoms. The molecule has 0 aromatic heterocycles. The van der Waals surface area contributed by atoms with E-state index >= 15 is 0 Å². The standard InChI is InChI=1S/C20H23F2NO5/c1-3-10-26-15-6-4-5-7-16(15)27-13-19(24)23-12-14-8-9-17(28-20(21)22)18(11-14)25-2/h4-9,11,20H,3,10,12-13H2,1-2H3,(H,23,24). The molecule has 0 aliphatic rings. The quantitative estimate of drug-likeness (QED) is 0.627. The number of rotatable bonds is 11. The topological polar surface area (TPSA) is 66.0 Å². The fraction of sp³-hybridized carbons (Fsp3) is 0.350. The Bertz CT molecular complexity index is 770. The van der Waals surface area contributed by atoms with Crippen LogP contribution in [0.25, 0.3) is 0 Å². The Hall–Kier alpha value is -3.03. The third-order valence-electron chi connectivity index (χ3n) is 3.60. The van der Waals surface area contributed by atoms with Gasteiger partial charge in [0.1, 0.15) is 0 Å². The molecule has 2 aromatic rings. The number of hydrogen-bond donors (Lipinski definition) is 1. The van der Waals surface area contributed by atoms with Crippen LogP contribution in [0.4, 0.5) is 8.78 Å². The van der Waals surface area contributed by atoms with Crippen LogP contribution in [0.5, 0.6) is 23.0 Å². The van der Waals surface area contributed by atoms with Crippen LogP contribution in [0.3, 0.4) is 0 Å². The third-order valence-corrected chi connectivity index (χ3v) is 3.60. The van der Waals surface area contributed by atoms with Gasteiger partial charge in [-0.05, 0) is 36.2 Å². The summed E-state index contributed by atoms with van der Waals surface area (Å²) in [5, 5.41) is 2.69. The van der Waals surface area contributed by atoms with Crippen molar-refractivity contribution >= 4 is 5.91 Å². The average molecular weight is 395 g/mol. The van der Waals surface area contributed by atoms with Gasteiger partial charge in [-0.25, -0.2) is 0 Å². The van der Waals surface area contributed by atoms with E-state index in [4.69, 9.17) is 14.2 Å². The Morgan fingerprint density at radius 2 is 1.75 bits per heavy atom. The number of hydrogen-bond acceptors (Lipinski definition) is 5. The smallest absolute Gasteiger partial charge is 0.387 e. The molecule has 2 rings (SSSR count). The maximum Gasteiger partial charge on any atom is 0.387 e. The lowest BCUT2D eigenvalue weighted by atomic mass is 10.2. The maximum absolute atomic E-state index is 12.4. The van der Waals surface area contributed by atoms with E-state index in [0.717, 1.165) is 6.42 Å². The number of carbonyl (C=O) groups is 1. The molecule has 0 radical (unpaired) electrons. The lowest BCUT2D eigenvalue weighted by molar-refractivity contribution is -0.123. The highest BCUT2D eigenvalue weighted by atomic mass is 19.3. The molecule has 0 aliphatic heterocycles. The largest absolute Gasteiger partial charge is 0.493 e. The van der Waals surface area contributed by atoms with E-state index in [0.29, 0.717) is 23.7 Å². The van der Waals surface area contributed by atoms with Crippen LogP contribution in [0.15, 0.2) is 42.5 Å². The van der Waals surface area contributed by atoms with E-state index in [-0.39, 0.29) is 30.6 Å². The first-order valence-electron chi connectivity index (χ1n) is 8.76. The number of carbonyl (C=O) groups excluding carboxylic acids is 1. The molecule has 0 atom stereocenters. The summed E-state index contributed by atoms with van der Waals surface area (Å²) in [7, 11) is 1.35. The molecule has 8 heteroatoms. The van der Waals surface area contributed by atoms with E-state index in [1.165, 1.54) is 19.2 Å². The van der Waals surface area contributed by atoms with Gasteiger partial charge in [0.05, 0.1) is 13.7 Å². The second-order valence-electron chi connectivity index (χ2n) is 5.72. The van der Waals surface area contributed by atoms with Crippen molar-refractivity contribution in [3.05, 3.63) is 48.0 Å². The summed E-state index contributed by atoms with van der Waals surface area (Å²) in [5.74, 6) is 0.819. The van der Waals surface area contributed by atoms with Crippen molar-refractivity contribution in [3.8, 4) is 23.0 Å². The van der Waals surface area contributed by atoms with E-state index in [2.05, 4.69) is 10.1 Å². The predicted molar refractivity (Wildman–Crippen MR) is 99.2 cm³/mol. The highest BCUT2D eigenvalue weighted by Crippen LogP contribution is 2.29. The molecule has 1 amide bonds. The number of halogens is 2. The number of amides is 1. The van der Waals surface area contributed by atoms with Gasteiger partial charge in [-0.2, -0.15) is 8.78 Å². The molecule has 28 heavy (non-hydrogen) atoms. The van der Waals surface area contributed by atoms with Gasteiger partial charge < -0.3 is 24.3 Å². The van der Waals surface area contributed by atoms with Crippen LogP contribution in [0.1, 0.15) is 18.9 Å². The zero-order chi connectivity index (χ0) is 20.4. The minimum absolute atomic E-state index is 0.0698. The highest BCUT2D eigenvalue weighted by Gasteiger charge is 2.12. The Morgan fingerprint density at radius 3 is 2.39 bits per heavy atom. The fourth-order valence-corrected chi connectivity index (χ4v) is 2.31. The molecule has 0 heterocycles. The summed E-state index contributed by atoms with van der Waals surface area (Å²) in [6, 6.07) is 11.6. The Balaban J connectivity index is 1.87. The summed E-state index contributed by atoms with van der Waals surface area (Å²) in [6.07, 6.45) is 0.861. The van der Waals surface area contributed by atoms with Gasteiger partial charge >= 0.3 is 6.61 Å². The van der Waals surface area contributed by atoms with Crippen LogP contribution in [0.2, 0.25) is 0 Å². The summed E-state index contributed by atoms with van der Waals surface area (Å²) >= 11 is 0. The first-order chi connectivity index (χ1) is 13.5. The third kappa shape index (κ3) is 6.61. The first-order valence-corrected chi connectivity index (χ1v) is 8.76. The predicted octanol–water partition coefficient (Wildman–Crippen LogP) is 3.78. The van der Waals surface area contributed by atoms with Gasteiger partial charge in [-0.1, -0.05) is 25.1 Å². The summed E-state index contributed by atoms with van der Waals surface area (Å²) in [6.45, 7) is -0.393. The van der Waals surface area contributed by atoms with E-state index in [1.807, 2.05) is 13.0 Å². The molecule has 0 saturated heterocycles. The lowest BCUT2D eigenvalue weighted by Gasteiger charge is -2.13. The highest BCUT2D eigenvalue weighted by molar-refractivity contribution is 5.77. The molecular formula is C20H23F2NO5. The number of benzene rings is 2. The van der Waals surface area contributed by atoms with Crippen LogP contribution < -0.4 is 24.3 Å². The van der Waals surface area contributed by atoms with Gasteiger partial charge in [0.25, 0.3) is 5.91 Å². The van der Waals surface area contributed by atoms with Crippen molar-refractivity contribution in [1.82, 2.24) is 5.32 Å². The summed E-state index contributed by atoms with van der Waals surface area (Å²) < 4.78 is 45.2. The van der Waals surface area contributed by atoms with Crippen molar-refractivity contribution in [1.29, 1.82) is 0 Å². The molecular weight excluding hydrogens is 372 g/mol.